The summed E-state index contributed by atoms with van der Waals surface area (Å²) in [5, 5.41) is 0.356. The number of carbonyl (C=O) groups is 1. The van der Waals surface area contributed by atoms with Crippen molar-refractivity contribution in [3.63, 3.8) is 0 Å². The Balaban J connectivity index is 2.16. The fraction of sp³-hybridized carbons (Fsp3) is 0.538. The first-order valence-electron chi connectivity index (χ1n) is 6.41. The number of aryl methyl sites for hydroxylation is 1. The van der Waals surface area contributed by atoms with Gasteiger partial charge in [-0.2, -0.15) is 0 Å². The molecule has 19 heavy (non-hydrogen) atoms. The summed E-state index contributed by atoms with van der Waals surface area (Å²) < 4.78 is 11.3. The van der Waals surface area contributed by atoms with Gasteiger partial charge in [-0.3, -0.25) is 9.00 Å². The van der Waals surface area contributed by atoms with E-state index >= 15 is 0 Å². The van der Waals surface area contributed by atoms with Crippen LogP contribution in [-0.4, -0.2) is 44.6 Å². The maximum absolute atomic E-state index is 12.4. The molecule has 0 unspecified atom stereocenters. The summed E-state index contributed by atoms with van der Waals surface area (Å²) in [6.45, 7) is 3.16. The van der Waals surface area contributed by atoms with Crippen molar-refractivity contribution in [2.75, 3.05) is 24.6 Å². The van der Waals surface area contributed by atoms with Gasteiger partial charge in [0.15, 0.2) is 0 Å². The fourth-order valence-electron chi connectivity index (χ4n) is 2.08. The zero-order valence-corrected chi connectivity index (χ0v) is 12.5. The Morgan fingerprint density at radius 2 is 2.11 bits per heavy atom. The molecule has 1 aromatic rings. The smallest absolute Gasteiger partial charge is 0.254 e. The Labute approximate surface area is 120 Å². The summed E-state index contributed by atoms with van der Waals surface area (Å²) in [5.41, 5.74) is 1.43. The molecule has 0 aromatic carbocycles. The average Bonchev–Trinajstić information content (AvgIpc) is 2.38. The fourth-order valence-corrected chi connectivity index (χ4v) is 3.36. The SMILES string of the molecule is CCCc1cc(C(=O)N2CCS(=O)CC2)cc(Cl)n1. The average molecular weight is 301 g/mol. The third-order valence-corrected chi connectivity index (χ3v) is 4.53. The van der Waals surface area contributed by atoms with Crippen LogP contribution in [0.5, 0.6) is 0 Å². The van der Waals surface area contributed by atoms with Crippen LogP contribution < -0.4 is 0 Å². The van der Waals surface area contributed by atoms with Crippen LogP contribution in [0.15, 0.2) is 12.1 Å². The largest absolute Gasteiger partial charge is 0.337 e. The lowest BCUT2D eigenvalue weighted by Crippen LogP contribution is -2.41. The molecule has 1 amide bonds. The molecule has 0 saturated carbocycles. The molecule has 0 atom stereocenters. The summed E-state index contributed by atoms with van der Waals surface area (Å²) in [6, 6.07) is 3.41. The van der Waals surface area contributed by atoms with Crippen molar-refractivity contribution in [1.82, 2.24) is 9.88 Å². The molecular formula is C13H17ClN2O2S. The van der Waals surface area contributed by atoms with Crippen LogP contribution in [0.25, 0.3) is 0 Å². The molecule has 0 radical (unpaired) electrons. The molecular weight excluding hydrogens is 284 g/mol. The summed E-state index contributed by atoms with van der Waals surface area (Å²) in [6.07, 6.45) is 1.77. The van der Waals surface area contributed by atoms with Gasteiger partial charge in [0.2, 0.25) is 0 Å². The second kappa shape index (κ2) is 6.48. The molecule has 1 aromatic heterocycles. The van der Waals surface area contributed by atoms with Crippen molar-refractivity contribution in [2.24, 2.45) is 0 Å². The lowest BCUT2D eigenvalue weighted by molar-refractivity contribution is 0.0771. The molecule has 1 aliphatic rings. The molecule has 6 heteroatoms. The third kappa shape index (κ3) is 3.76. The zero-order chi connectivity index (χ0) is 13.8. The number of carbonyl (C=O) groups excluding carboxylic acids is 1. The van der Waals surface area contributed by atoms with E-state index < -0.39 is 10.8 Å². The standard InChI is InChI=1S/C13H17ClN2O2S/c1-2-3-11-8-10(9-12(14)15-11)13(17)16-4-6-19(18)7-5-16/h8-9H,2-7H2,1H3. The van der Waals surface area contributed by atoms with E-state index in [1.807, 2.05) is 6.07 Å². The molecule has 0 N–H and O–H groups in total. The van der Waals surface area contributed by atoms with Crippen LogP contribution >= 0.6 is 11.6 Å². The van der Waals surface area contributed by atoms with E-state index in [0.717, 1.165) is 18.5 Å². The van der Waals surface area contributed by atoms with Crippen LogP contribution in [0.3, 0.4) is 0 Å². The van der Waals surface area contributed by atoms with Crippen molar-refractivity contribution in [1.29, 1.82) is 0 Å². The second-order valence-electron chi connectivity index (χ2n) is 4.56. The molecule has 0 spiro atoms. The minimum absolute atomic E-state index is 0.0432. The van der Waals surface area contributed by atoms with Crippen LogP contribution in [0.2, 0.25) is 5.15 Å². The first-order valence-corrected chi connectivity index (χ1v) is 8.27. The minimum Gasteiger partial charge on any atom is -0.337 e. The van der Waals surface area contributed by atoms with Gasteiger partial charge in [-0.25, -0.2) is 4.98 Å². The normalized spacial score (nSPS) is 16.6. The zero-order valence-electron chi connectivity index (χ0n) is 10.9. The van der Waals surface area contributed by atoms with Gasteiger partial charge in [0.1, 0.15) is 5.15 Å². The molecule has 0 aliphatic carbocycles. The van der Waals surface area contributed by atoms with Crippen molar-refractivity contribution >= 4 is 28.3 Å². The van der Waals surface area contributed by atoms with Crippen molar-refractivity contribution < 1.29 is 9.00 Å². The molecule has 1 aliphatic heterocycles. The first-order chi connectivity index (χ1) is 9.10. The van der Waals surface area contributed by atoms with Gasteiger partial charge in [0.25, 0.3) is 5.91 Å². The van der Waals surface area contributed by atoms with E-state index in [4.69, 9.17) is 11.6 Å². The number of hydrogen-bond donors (Lipinski definition) is 0. The predicted octanol–water partition coefficient (Wildman–Crippen LogP) is 1.89. The Hall–Kier alpha value is -0.940. The van der Waals surface area contributed by atoms with E-state index in [-0.39, 0.29) is 5.91 Å². The number of halogens is 1. The number of hydrogen-bond acceptors (Lipinski definition) is 3. The highest BCUT2D eigenvalue weighted by Gasteiger charge is 2.21. The van der Waals surface area contributed by atoms with E-state index in [2.05, 4.69) is 11.9 Å². The number of aromatic nitrogens is 1. The first kappa shape index (κ1) is 14.5. The van der Waals surface area contributed by atoms with Gasteiger partial charge in [0.05, 0.1) is 0 Å². The van der Waals surface area contributed by atoms with Crippen LogP contribution in [0.4, 0.5) is 0 Å². The number of rotatable bonds is 3. The highest BCUT2D eigenvalue weighted by molar-refractivity contribution is 7.85. The number of nitrogens with zero attached hydrogens (tertiary/aromatic N) is 2. The van der Waals surface area contributed by atoms with Crippen molar-refractivity contribution in [3.05, 3.63) is 28.5 Å². The highest BCUT2D eigenvalue weighted by Crippen LogP contribution is 2.15. The van der Waals surface area contributed by atoms with Gasteiger partial charge in [0, 0.05) is 46.7 Å². The van der Waals surface area contributed by atoms with E-state index in [0.29, 0.717) is 35.3 Å². The highest BCUT2D eigenvalue weighted by atomic mass is 35.5. The van der Waals surface area contributed by atoms with Crippen LogP contribution in [0.1, 0.15) is 29.4 Å². The molecule has 0 bridgehead atoms. The van der Waals surface area contributed by atoms with Gasteiger partial charge in [-0.1, -0.05) is 24.9 Å². The maximum Gasteiger partial charge on any atom is 0.254 e. The van der Waals surface area contributed by atoms with Gasteiger partial charge in [-0.05, 0) is 18.6 Å². The molecule has 1 saturated heterocycles. The summed E-state index contributed by atoms with van der Waals surface area (Å²) in [4.78, 5) is 18.3. The van der Waals surface area contributed by atoms with Crippen LogP contribution in [-0.2, 0) is 17.2 Å². The Morgan fingerprint density at radius 3 is 2.74 bits per heavy atom. The summed E-state index contributed by atoms with van der Waals surface area (Å²) in [5.74, 6) is 1.08. The lowest BCUT2D eigenvalue weighted by Gasteiger charge is -2.26. The summed E-state index contributed by atoms with van der Waals surface area (Å²) >= 11 is 5.96. The van der Waals surface area contributed by atoms with Crippen LogP contribution in [0, 0.1) is 0 Å². The molecule has 104 valence electrons. The molecule has 2 rings (SSSR count). The van der Waals surface area contributed by atoms with Crippen molar-refractivity contribution in [3.8, 4) is 0 Å². The Bertz CT molecular complexity index is 497. The van der Waals surface area contributed by atoms with E-state index in [1.165, 1.54) is 0 Å². The van der Waals surface area contributed by atoms with Gasteiger partial charge < -0.3 is 4.90 Å². The topological polar surface area (TPSA) is 50.3 Å². The molecule has 1 fully saturated rings. The number of amides is 1. The molecule has 4 nitrogen and oxygen atoms in total. The second-order valence-corrected chi connectivity index (χ2v) is 6.64. The monoisotopic (exact) mass is 300 g/mol. The van der Waals surface area contributed by atoms with Gasteiger partial charge in [-0.15, -0.1) is 0 Å². The Morgan fingerprint density at radius 1 is 1.42 bits per heavy atom. The van der Waals surface area contributed by atoms with E-state index in [9.17, 15) is 9.00 Å². The summed E-state index contributed by atoms with van der Waals surface area (Å²) in [7, 11) is -0.778. The van der Waals surface area contributed by atoms with E-state index in [1.54, 1.807) is 11.0 Å². The maximum atomic E-state index is 12.4. The molecule has 2 heterocycles. The predicted molar refractivity (Wildman–Crippen MR) is 77.0 cm³/mol. The number of pyridine rings is 1. The minimum atomic E-state index is -0.778. The Kier molecular flexibility index (Phi) is 4.93. The van der Waals surface area contributed by atoms with Gasteiger partial charge >= 0.3 is 0 Å². The lowest BCUT2D eigenvalue weighted by atomic mass is 10.1. The third-order valence-electron chi connectivity index (χ3n) is 3.07. The van der Waals surface area contributed by atoms with Crippen molar-refractivity contribution in [2.45, 2.75) is 19.8 Å². The quantitative estimate of drug-likeness (QED) is 0.801.